The van der Waals surface area contributed by atoms with Gasteiger partial charge in [0.15, 0.2) is 6.61 Å². The predicted molar refractivity (Wildman–Crippen MR) is 76.4 cm³/mol. The summed E-state index contributed by atoms with van der Waals surface area (Å²) in [6.45, 7) is 1.61. The lowest BCUT2D eigenvalue weighted by Gasteiger charge is -2.11. The third-order valence-corrected chi connectivity index (χ3v) is 3.39. The molecule has 0 saturated heterocycles. The molecule has 1 aromatic rings. The second kappa shape index (κ2) is 7.97. The van der Waals surface area contributed by atoms with Crippen LogP contribution in [-0.4, -0.2) is 30.1 Å². The molecular weight excluding hydrogens is 305 g/mol. The van der Waals surface area contributed by atoms with E-state index in [1.54, 1.807) is 19.1 Å². The molecule has 0 aromatic heterocycles. The minimum Gasteiger partial charge on any atom is -0.484 e. The number of hydrogen-bond acceptors (Lipinski definition) is 3. The zero-order chi connectivity index (χ0) is 15.1. The Balaban J connectivity index is 2.39. The van der Waals surface area contributed by atoms with Crippen LogP contribution in [-0.2, 0) is 9.59 Å². The van der Waals surface area contributed by atoms with Crippen LogP contribution in [0.3, 0.4) is 0 Å². The number of rotatable bonds is 7. The van der Waals surface area contributed by atoms with E-state index in [0.29, 0.717) is 22.2 Å². The summed E-state index contributed by atoms with van der Waals surface area (Å²) in [5.41, 5.74) is 0. The summed E-state index contributed by atoms with van der Waals surface area (Å²) in [5, 5.41) is 12.1. The summed E-state index contributed by atoms with van der Waals surface area (Å²) in [5.74, 6) is -1.50. The fourth-order valence-electron chi connectivity index (χ4n) is 1.41. The highest BCUT2D eigenvalue weighted by molar-refractivity contribution is 6.42. The molecule has 0 spiro atoms. The zero-order valence-electron chi connectivity index (χ0n) is 10.9. The van der Waals surface area contributed by atoms with Crippen LogP contribution in [0, 0.1) is 5.92 Å². The van der Waals surface area contributed by atoms with Gasteiger partial charge in [0, 0.05) is 12.6 Å². The first-order chi connectivity index (χ1) is 9.43. The number of amides is 1. The van der Waals surface area contributed by atoms with Crippen LogP contribution in [0.15, 0.2) is 18.2 Å². The smallest absolute Gasteiger partial charge is 0.308 e. The third-order valence-electron chi connectivity index (χ3n) is 2.65. The highest BCUT2D eigenvalue weighted by atomic mass is 35.5. The Kier molecular flexibility index (Phi) is 6.61. The number of ether oxygens (including phenoxy) is 1. The number of benzene rings is 1. The van der Waals surface area contributed by atoms with E-state index in [2.05, 4.69) is 5.32 Å². The number of nitrogens with one attached hydrogen (secondary N) is 1. The lowest BCUT2D eigenvalue weighted by atomic mass is 10.1. The first-order valence-electron chi connectivity index (χ1n) is 6.01. The van der Waals surface area contributed by atoms with E-state index < -0.39 is 17.8 Å². The van der Waals surface area contributed by atoms with Crippen molar-refractivity contribution in [1.29, 1.82) is 0 Å². The number of halogens is 2. The molecule has 0 bridgehead atoms. The van der Waals surface area contributed by atoms with Gasteiger partial charge in [-0.3, -0.25) is 9.59 Å². The topological polar surface area (TPSA) is 75.6 Å². The van der Waals surface area contributed by atoms with Crippen molar-refractivity contribution in [3.05, 3.63) is 28.2 Å². The van der Waals surface area contributed by atoms with Gasteiger partial charge in [0.05, 0.1) is 16.0 Å². The Hall–Kier alpha value is -1.46. The monoisotopic (exact) mass is 319 g/mol. The molecule has 20 heavy (non-hydrogen) atoms. The maximum absolute atomic E-state index is 11.5. The van der Waals surface area contributed by atoms with Crippen molar-refractivity contribution < 1.29 is 19.4 Å². The Bertz CT molecular complexity index is 493. The van der Waals surface area contributed by atoms with Crippen molar-refractivity contribution in [1.82, 2.24) is 5.32 Å². The first kappa shape index (κ1) is 16.6. The number of hydrogen-bond donors (Lipinski definition) is 2. The number of carboxylic acid groups (broad SMARTS) is 1. The number of carbonyl (C=O) groups is 2. The van der Waals surface area contributed by atoms with Crippen molar-refractivity contribution in [3.63, 3.8) is 0 Å². The summed E-state index contributed by atoms with van der Waals surface area (Å²) in [4.78, 5) is 22.3. The molecule has 2 N–H and O–H groups in total. The summed E-state index contributed by atoms with van der Waals surface area (Å²) >= 11 is 11.6. The van der Waals surface area contributed by atoms with Crippen LogP contribution >= 0.6 is 23.2 Å². The average Bonchev–Trinajstić information content (AvgIpc) is 2.40. The molecule has 5 nitrogen and oxygen atoms in total. The van der Waals surface area contributed by atoms with Crippen LogP contribution < -0.4 is 10.1 Å². The Morgan fingerprint density at radius 1 is 1.35 bits per heavy atom. The SMILES string of the molecule is CCC(CNC(=O)COc1ccc(Cl)c(Cl)c1)C(=O)O. The van der Waals surface area contributed by atoms with Crippen LogP contribution in [0.25, 0.3) is 0 Å². The fourth-order valence-corrected chi connectivity index (χ4v) is 1.70. The Morgan fingerprint density at radius 3 is 2.60 bits per heavy atom. The van der Waals surface area contributed by atoms with Crippen LogP contribution in [0.5, 0.6) is 5.75 Å². The lowest BCUT2D eigenvalue weighted by Crippen LogP contribution is -2.35. The van der Waals surface area contributed by atoms with Crippen molar-refractivity contribution in [2.24, 2.45) is 5.92 Å². The fraction of sp³-hybridized carbons (Fsp3) is 0.385. The normalized spacial score (nSPS) is 11.8. The molecule has 0 radical (unpaired) electrons. The van der Waals surface area contributed by atoms with Crippen LogP contribution in [0.1, 0.15) is 13.3 Å². The highest BCUT2D eigenvalue weighted by Gasteiger charge is 2.16. The predicted octanol–water partition coefficient (Wildman–Crippen LogP) is 2.60. The average molecular weight is 320 g/mol. The van der Waals surface area contributed by atoms with Gasteiger partial charge < -0.3 is 15.2 Å². The van der Waals surface area contributed by atoms with Gasteiger partial charge in [-0.25, -0.2) is 0 Å². The maximum atomic E-state index is 11.5. The number of carboxylic acids is 1. The van der Waals surface area contributed by atoms with E-state index in [1.165, 1.54) is 6.07 Å². The lowest BCUT2D eigenvalue weighted by molar-refractivity contribution is -0.141. The van der Waals surface area contributed by atoms with Gasteiger partial charge in [0.1, 0.15) is 5.75 Å². The maximum Gasteiger partial charge on any atom is 0.308 e. The molecule has 1 unspecified atom stereocenters. The molecule has 1 amide bonds. The van der Waals surface area contributed by atoms with Crippen LogP contribution in [0.4, 0.5) is 0 Å². The molecular formula is C13H15Cl2NO4. The van der Waals surface area contributed by atoms with Gasteiger partial charge in [-0.15, -0.1) is 0 Å². The highest BCUT2D eigenvalue weighted by Crippen LogP contribution is 2.26. The van der Waals surface area contributed by atoms with E-state index in [4.69, 9.17) is 33.0 Å². The van der Waals surface area contributed by atoms with E-state index >= 15 is 0 Å². The van der Waals surface area contributed by atoms with E-state index in [-0.39, 0.29) is 13.2 Å². The first-order valence-corrected chi connectivity index (χ1v) is 6.77. The molecule has 0 fully saturated rings. The molecule has 7 heteroatoms. The number of aliphatic carboxylic acids is 1. The molecule has 1 atom stereocenters. The van der Waals surface area contributed by atoms with Gasteiger partial charge in [-0.05, 0) is 18.6 Å². The van der Waals surface area contributed by atoms with Gasteiger partial charge in [0.25, 0.3) is 5.91 Å². The summed E-state index contributed by atoms with van der Waals surface area (Å²) < 4.78 is 5.23. The van der Waals surface area contributed by atoms with Gasteiger partial charge in [-0.1, -0.05) is 30.1 Å². The standard InChI is InChI=1S/C13H15Cl2NO4/c1-2-8(13(18)19)6-16-12(17)7-20-9-3-4-10(14)11(15)5-9/h3-5,8H,2,6-7H2,1H3,(H,16,17)(H,18,19). The Morgan fingerprint density at radius 2 is 2.05 bits per heavy atom. The van der Waals surface area contributed by atoms with E-state index in [0.717, 1.165) is 0 Å². The molecule has 0 heterocycles. The van der Waals surface area contributed by atoms with Crippen molar-refractivity contribution >= 4 is 35.1 Å². The summed E-state index contributed by atoms with van der Waals surface area (Å²) in [6.07, 6.45) is 0.448. The molecule has 0 aliphatic heterocycles. The Labute approximate surface area is 126 Å². The zero-order valence-corrected chi connectivity index (χ0v) is 12.4. The second-order valence-electron chi connectivity index (χ2n) is 4.11. The molecule has 1 aromatic carbocycles. The minimum absolute atomic E-state index is 0.0788. The van der Waals surface area contributed by atoms with Crippen molar-refractivity contribution in [2.45, 2.75) is 13.3 Å². The molecule has 0 saturated carbocycles. The molecule has 110 valence electrons. The van der Waals surface area contributed by atoms with Gasteiger partial charge >= 0.3 is 5.97 Å². The summed E-state index contributed by atoms with van der Waals surface area (Å²) in [7, 11) is 0. The summed E-state index contributed by atoms with van der Waals surface area (Å²) in [6, 6.07) is 4.66. The van der Waals surface area contributed by atoms with Crippen molar-refractivity contribution in [3.8, 4) is 5.75 Å². The molecule has 1 rings (SSSR count). The van der Waals surface area contributed by atoms with E-state index in [9.17, 15) is 9.59 Å². The van der Waals surface area contributed by atoms with Crippen molar-refractivity contribution in [2.75, 3.05) is 13.2 Å². The van der Waals surface area contributed by atoms with Gasteiger partial charge in [-0.2, -0.15) is 0 Å². The largest absolute Gasteiger partial charge is 0.484 e. The third kappa shape index (κ3) is 5.27. The van der Waals surface area contributed by atoms with Gasteiger partial charge in [0.2, 0.25) is 0 Å². The quantitative estimate of drug-likeness (QED) is 0.810. The van der Waals surface area contributed by atoms with E-state index in [1.807, 2.05) is 0 Å². The minimum atomic E-state index is -0.932. The number of carbonyl (C=O) groups excluding carboxylic acids is 1. The molecule has 0 aliphatic rings. The van der Waals surface area contributed by atoms with Crippen LogP contribution in [0.2, 0.25) is 10.0 Å². The second-order valence-corrected chi connectivity index (χ2v) is 4.93. The molecule has 0 aliphatic carbocycles.